The summed E-state index contributed by atoms with van der Waals surface area (Å²) in [6, 6.07) is 8.18. The summed E-state index contributed by atoms with van der Waals surface area (Å²) in [4.78, 5) is 11.2. The monoisotopic (exact) mass is 250 g/mol. The van der Waals surface area contributed by atoms with Crippen LogP contribution in [0.4, 0.5) is 0 Å². The predicted octanol–water partition coefficient (Wildman–Crippen LogP) is 3.69. The second-order valence-corrected chi connectivity index (χ2v) is 4.84. The zero-order valence-corrected chi connectivity index (χ0v) is 11.3. The van der Waals surface area contributed by atoms with E-state index in [0.29, 0.717) is 11.9 Å². The highest BCUT2D eigenvalue weighted by Gasteiger charge is 1.98. The Kier molecular flexibility index (Phi) is 5.84. The predicted molar refractivity (Wildman–Crippen MR) is 74.0 cm³/mol. The van der Waals surface area contributed by atoms with E-state index >= 15 is 0 Å². The molecule has 0 aliphatic heterocycles. The van der Waals surface area contributed by atoms with E-state index < -0.39 is 0 Å². The molecular formula is C14H18O2S. The molecule has 0 fully saturated rings. The van der Waals surface area contributed by atoms with Crippen molar-refractivity contribution in [2.45, 2.75) is 19.8 Å². The van der Waals surface area contributed by atoms with Crippen molar-refractivity contribution in [3.63, 3.8) is 0 Å². The standard InChI is InChI=1S/C14H18O2S/c1-11(2)13-7-4-12(5-8-13)6-9-14(15)16-10-17-3/h4-9,11H,10H2,1-3H3. The molecule has 0 spiro atoms. The van der Waals surface area contributed by atoms with Crippen LogP contribution in [0.15, 0.2) is 30.3 Å². The number of benzene rings is 1. The molecule has 1 aromatic carbocycles. The van der Waals surface area contributed by atoms with Gasteiger partial charge in [0.2, 0.25) is 0 Å². The lowest BCUT2D eigenvalue weighted by Gasteiger charge is -2.04. The molecule has 0 radical (unpaired) electrons. The number of carbonyl (C=O) groups is 1. The average molecular weight is 250 g/mol. The van der Waals surface area contributed by atoms with E-state index in [1.807, 2.05) is 18.4 Å². The fourth-order valence-corrected chi connectivity index (χ4v) is 1.56. The number of ether oxygens (including phenoxy) is 1. The summed E-state index contributed by atoms with van der Waals surface area (Å²) in [5.41, 5.74) is 2.31. The fraction of sp³-hybridized carbons (Fsp3) is 0.357. The zero-order chi connectivity index (χ0) is 12.7. The van der Waals surface area contributed by atoms with Crippen molar-refractivity contribution in [2.75, 3.05) is 12.2 Å². The van der Waals surface area contributed by atoms with E-state index in [9.17, 15) is 4.79 Å². The summed E-state index contributed by atoms with van der Waals surface area (Å²) in [6.45, 7) is 4.31. The van der Waals surface area contributed by atoms with Crippen LogP contribution >= 0.6 is 11.8 Å². The third kappa shape index (κ3) is 5.09. The first kappa shape index (κ1) is 13.8. The summed E-state index contributed by atoms with van der Waals surface area (Å²) in [6.07, 6.45) is 5.12. The van der Waals surface area contributed by atoms with Gasteiger partial charge in [0.1, 0.15) is 5.94 Å². The Hall–Kier alpha value is -1.22. The molecular weight excluding hydrogens is 232 g/mol. The van der Waals surface area contributed by atoms with E-state index in [-0.39, 0.29) is 5.97 Å². The van der Waals surface area contributed by atoms with Crippen molar-refractivity contribution in [1.29, 1.82) is 0 Å². The van der Waals surface area contributed by atoms with Crippen molar-refractivity contribution >= 4 is 23.8 Å². The highest BCUT2D eigenvalue weighted by atomic mass is 32.2. The van der Waals surface area contributed by atoms with Crippen LogP contribution in [0.5, 0.6) is 0 Å². The fourth-order valence-electron chi connectivity index (χ4n) is 1.32. The van der Waals surface area contributed by atoms with Crippen LogP contribution < -0.4 is 0 Å². The summed E-state index contributed by atoms with van der Waals surface area (Å²) < 4.78 is 4.91. The molecule has 0 aliphatic carbocycles. The molecule has 0 amide bonds. The number of rotatable bonds is 5. The molecule has 0 N–H and O–H groups in total. The highest BCUT2D eigenvalue weighted by Crippen LogP contribution is 2.15. The number of thioether (sulfide) groups is 1. The van der Waals surface area contributed by atoms with Gasteiger partial charge in [0, 0.05) is 6.08 Å². The lowest BCUT2D eigenvalue weighted by atomic mass is 10.0. The van der Waals surface area contributed by atoms with Gasteiger partial charge in [-0.1, -0.05) is 38.1 Å². The quantitative estimate of drug-likeness (QED) is 0.453. The number of hydrogen-bond donors (Lipinski definition) is 0. The van der Waals surface area contributed by atoms with Crippen LogP contribution in [0.3, 0.4) is 0 Å². The van der Waals surface area contributed by atoms with Crippen molar-refractivity contribution in [3.05, 3.63) is 41.5 Å². The van der Waals surface area contributed by atoms with Gasteiger partial charge in [-0.2, -0.15) is 0 Å². The molecule has 3 heteroatoms. The molecule has 2 nitrogen and oxygen atoms in total. The first-order valence-electron chi connectivity index (χ1n) is 5.57. The second kappa shape index (κ2) is 7.17. The molecule has 0 saturated heterocycles. The van der Waals surface area contributed by atoms with Crippen molar-refractivity contribution in [3.8, 4) is 0 Å². The van der Waals surface area contributed by atoms with Gasteiger partial charge in [-0.15, -0.1) is 11.8 Å². The lowest BCUT2D eigenvalue weighted by molar-refractivity contribution is -0.135. The van der Waals surface area contributed by atoms with Gasteiger partial charge in [-0.3, -0.25) is 0 Å². The molecule has 0 aliphatic rings. The molecule has 0 atom stereocenters. The normalized spacial score (nSPS) is 11.1. The van der Waals surface area contributed by atoms with Gasteiger partial charge >= 0.3 is 5.97 Å². The number of carbonyl (C=O) groups excluding carboxylic acids is 1. The van der Waals surface area contributed by atoms with Crippen LogP contribution in [0.25, 0.3) is 6.08 Å². The van der Waals surface area contributed by atoms with Crippen LogP contribution in [0, 0.1) is 0 Å². The van der Waals surface area contributed by atoms with Crippen LogP contribution in [0.1, 0.15) is 30.9 Å². The van der Waals surface area contributed by atoms with Crippen LogP contribution in [-0.4, -0.2) is 18.2 Å². The maximum atomic E-state index is 11.2. The van der Waals surface area contributed by atoms with Gasteiger partial charge in [0.25, 0.3) is 0 Å². The maximum absolute atomic E-state index is 11.2. The Morgan fingerprint density at radius 3 is 2.53 bits per heavy atom. The first-order valence-corrected chi connectivity index (χ1v) is 6.96. The van der Waals surface area contributed by atoms with Crippen molar-refractivity contribution in [1.82, 2.24) is 0 Å². The third-order valence-corrected chi connectivity index (χ3v) is 2.69. The van der Waals surface area contributed by atoms with Crippen LogP contribution in [0.2, 0.25) is 0 Å². The minimum absolute atomic E-state index is 0.299. The molecule has 92 valence electrons. The van der Waals surface area contributed by atoms with E-state index in [1.165, 1.54) is 23.4 Å². The van der Waals surface area contributed by atoms with E-state index in [0.717, 1.165) is 5.56 Å². The summed E-state index contributed by atoms with van der Waals surface area (Å²) in [5, 5.41) is 0. The first-order chi connectivity index (χ1) is 8.13. The Balaban J connectivity index is 2.56. The Morgan fingerprint density at radius 2 is 2.00 bits per heavy atom. The maximum Gasteiger partial charge on any atom is 0.331 e. The lowest BCUT2D eigenvalue weighted by Crippen LogP contribution is -1.98. The topological polar surface area (TPSA) is 26.3 Å². The van der Waals surface area contributed by atoms with Gasteiger partial charge in [-0.05, 0) is 29.4 Å². The van der Waals surface area contributed by atoms with Gasteiger partial charge in [-0.25, -0.2) is 4.79 Å². The minimum Gasteiger partial charge on any atom is -0.451 e. The summed E-state index contributed by atoms with van der Waals surface area (Å²) in [7, 11) is 0. The number of esters is 1. The van der Waals surface area contributed by atoms with Gasteiger partial charge in [0.05, 0.1) is 0 Å². The highest BCUT2D eigenvalue weighted by molar-refractivity contribution is 7.98. The molecule has 0 aromatic heterocycles. The second-order valence-electron chi connectivity index (χ2n) is 4.02. The molecule has 17 heavy (non-hydrogen) atoms. The Morgan fingerprint density at radius 1 is 1.35 bits per heavy atom. The van der Waals surface area contributed by atoms with Crippen molar-refractivity contribution < 1.29 is 9.53 Å². The largest absolute Gasteiger partial charge is 0.451 e. The zero-order valence-electron chi connectivity index (χ0n) is 10.5. The molecule has 0 saturated carbocycles. The van der Waals surface area contributed by atoms with Crippen molar-refractivity contribution in [2.24, 2.45) is 0 Å². The molecule has 0 heterocycles. The summed E-state index contributed by atoms with van der Waals surface area (Å²) in [5.74, 6) is 0.627. The Labute approximate surface area is 107 Å². The molecule has 0 bridgehead atoms. The third-order valence-electron chi connectivity index (χ3n) is 2.33. The van der Waals surface area contributed by atoms with E-state index in [1.54, 1.807) is 6.08 Å². The minimum atomic E-state index is -0.299. The SMILES string of the molecule is CSCOC(=O)C=Cc1ccc(C(C)C)cc1. The van der Waals surface area contributed by atoms with E-state index in [4.69, 9.17) is 4.74 Å². The summed E-state index contributed by atoms with van der Waals surface area (Å²) >= 11 is 1.48. The van der Waals surface area contributed by atoms with Crippen LogP contribution in [-0.2, 0) is 9.53 Å². The Bertz CT molecular complexity index is 380. The molecule has 1 aromatic rings. The molecule has 1 rings (SSSR count). The average Bonchev–Trinajstić information content (AvgIpc) is 2.34. The smallest absolute Gasteiger partial charge is 0.331 e. The molecule has 0 unspecified atom stereocenters. The number of hydrogen-bond acceptors (Lipinski definition) is 3. The van der Waals surface area contributed by atoms with Gasteiger partial charge in [0.15, 0.2) is 0 Å². The van der Waals surface area contributed by atoms with E-state index in [2.05, 4.69) is 26.0 Å². The van der Waals surface area contributed by atoms with Gasteiger partial charge < -0.3 is 4.74 Å².